The molecule has 1 aromatic rings. The average Bonchev–Trinajstić information content (AvgIpc) is 2.44. The van der Waals surface area contributed by atoms with E-state index >= 15 is 0 Å². The van der Waals surface area contributed by atoms with E-state index in [9.17, 15) is 9.59 Å². The van der Waals surface area contributed by atoms with E-state index in [0.29, 0.717) is 0 Å². The maximum absolute atomic E-state index is 12.5. The van der Waals surface area contributed by atoms with E-state index in [4.69, 9.17) is 4.74 Å². The number of rotatable bonds is 6. The molecular formula is C18H30N2O4V. The molecule has 1 rings (SSSR count). The van der Waals surface area contributed by atoms with Gasteiger partial charge < -0.3 is 20.8 Å². The number of carbonyl (C=O) groups is 2. The SMILES string of the molecule is Cc1ccc(C(C)NC(=O)C(NC(=O)OC(C)C)C(C)C)cc1.O.[V]. The number of ether oxygens (including phenoxy) is 1. The summed E-state index contributed by atoms with van der Waals surface area (Å²) in [4.78, 5) is 24.2. The Hall–Kier alpha value is -1.50. The first-order chi connectivity index (χ1) is 10.7. The minimum atomic E-state index is -0.630. The van der Waals surface area contributed by atoms with Gasteiger partial charge in [0.2, 0.25) is 5.91 Å². The number of aryl methyl sites for hydroxylation is 1. The fourth-order valence-corrected chi connectivity index (χ4v) is 2.15. The van der Waals surface area contributed by atoms with E-state index in [-0.39, 0.29) is 48.0 Å². The first kappa shape index (κ1) is 25.7. The Kier molecular flexibility index (Phi) is 12.3. The van der Waals surface area contributed by atoms with E-state index < -0.39 is 12.1 Å². The van der Waals surface area contributed by atoms with Gasteiger partial charge in [-0.1, -0.05) is 43.7 Å². The number of hydrogen-bond donors (Lipinski definition) is 2. The fraction of sp³-hybridized carbons (Fsp3) is 0.556. The standard InChI is InChI=1S/C18H28N2O3.H2O.V/c1-11(2)16(20-18(22)23-12(3)4)17(21)19-14(6)15-9-7-13(5)8-10-15;;/h7-12,14,16H,1-6H3,(H,19,21)(H,20,22);1H2;. The van der Waals surface area contributed by atoms with Crippen molar-refractivity contribution in [3.8, 4) is 0 Å². The number of carbonyl (C=O) groups excluding carboxylic acids is 2. The molecule has 6 nitrogen and oxygen atoms in total. The molecule has 2 unspecified atom stereocenters. The minimum absolute atomic E-state index is 0. The van der Waals surface area contributed by atoms with Crippen LogP contribution in [0, 0.1) is 12.8 Å². The molecule has 0 saturated heterocycles. The Morgan fingerprint density at radius 1 is 0.960 bits per heavy atom. The van der Waals surface area contributed by atoms with Gasteiger partial charge in [-0.05, 0) is 39.2 Å². The summed E-state index contributed by atoms with van der Waals surface area (Å²) in [5.41, 5.74) is 2.20. The van der Waals surface area contributed by atoms with Gasteiger partial charge in [-0.15, -0.1) is 0 Å². The molecule has 4 N–H and O–H groups in total. The average molecular weight is 389 g/mol. The maximum Gasteiger partial charge on any atom is 0.408 e. The summed E-state index contributed by atoms with van der Waals surface area (Å²) in [5, 5.41) is 5.59. The number of amides is 2. The van der Waals surface area contributed by atoms with Crippen molar-refractivity contribution < 1.29 is 38.4 Å². The molecule has 7 heteroatoms. The molecule has 0 fully saturated rings. The van der Waals surface area contributed by atoms with Crippen LogP contribution in [0.15, 0.2) is 24.3 Å². The normalized spacial score (nSPS) is 12.5. The molecule has 0 spiro atoms. The molecule has 0 saturated carbocycles. The van der Waals surface area contributed by atoms with Gasteiger partial charge in [0.05, 0.1) is 12.1 Å². The van der Waals surface area contributed by atoms with Crippen LogP contribution in [0.5, 0.6) is 0 Å². The predicted molar refractivity (Wildman–Crippen MR) is 94.7 cm³/mol. The van der Waals surface area contributed by atoms with Crippen molar-refractivity contribution >= 4 is 12.0 Å². The Balaban J connectivity index is 0. The van der Waals surface area contributed by atoms with Crippen molar-refractivity contribution in [2.75, 3.05) is 0 Å². The smallest absolute Gasteiger partial charge is 0.408 e. The van der Waals surface area contributed by atoms with Crippen molar-refractivity contribution in [1.29, 1.82) is 0 Å². The maximum atomic E-state index is 12.5. The monoisotopic (exact) mass is 389 g/mol. The van der Waals surface area contributed by atoms with Crippen LogP contribution in [-0.2, 0) is 28.1 Å². The summed E-state index contributed by atoms with van der Waals surface area (Å²) < 4.78 is 5.05. The van der Waals surface area contributed by atoms with Crippen LogP contribution in [0.1, 0.15) is 51.8 Å². The second-order valence-corrected chi connectivity index (χ2v) is 6.46. The molecule has 25 heavy (non-hydrogen) atoms. The molecule has 0 aliphatic carbocycles. The Bertz CT molecular complexity index is 532. The van der Waals surface area contributed by atoms with Crippen molar-refractivity contribution in [3.05, 3.63) is 35.4 Å². The Morgan fingerprint density at radius 3 is 1.92 bits per heavy atom. The Labute approximate surface area is 162 Å². The van der Waals surface area contributed by atoms with E-state index in [1.165, 1.54) is 5.56 Å². The summed E-state index contributed by atoms with van der Waals surface area (Å²) in [6.07, 6.45) is -0.797. The third-order valence-electron chi connectivity index (χ3n) is 3.50. The molecular weight excluding hydrogens is 359 g/mol. The van der Waals surface area contributed by atoms with Crippen LogP contribution in [0.4, 0.5) is 4.79 Å². The topological polar surface area (TPSA) is 98.9 Å². The summed E-state index contributed by atoms with van der Waals surface area (Å²) in [6.45, 7) is 11.2. The van der Waals surface area contributed by atoms with E-state index in [1.807, 2.05) is 52.0 Å². The summed E-state index contributed by atoms with van der Waals surface area (Å²) in [7, 11) is 0. The largest absolute Gasteiger partial charge is 0.447 e. The van der Waals surface area contributed by atoms with Gasteiger partial charge in [0.15, 0.2) is 0 Å². The zero-order valence-corrected chi connectivity index (χ0v) is 17.2. The van der Waals surface area contributed by atoms with Gasteiger partial charge in [0.1, 0.15) is 6.04 Å². The number of hydrogen-bond acceptors (Lipinski definition) is 3. The predicted octanol–water partition coefficient (Wildman–Crippen LogP) is 2.50. The van der Waals surface area contributed by atoms with Gasteiger partial charge in [-0.2, -0.15) is 0 Å². The Morgan fingerprint density at radius 2 is 1.48 bits per heavy atom. The van der Waals surface area contributed by atoms with E-state index in [1.54, 1.807) is 13.8 Å². The van der Waals surface area contributed by atoms with E-state index in [0.717, 1.165) is 5.56 Å². The van der Waals surface area contributed by atoms with Crippen molar-refractivity contribution in [3.63, 3.8) is 0 Å². The third kappa shape index (κ3) is 8.96. The van der Waals surface area contributed by atoms with Crippen LogP contribution >= 0.6 is 0 Å². The van der Waals surface area contributed by atoms with Crippen LogP contribution in [0.3, 0.4) is 0 Å². The minimum Gasteiger partial charge on any atom is -0.447 e. The van der Waals surface area contributed by atoms with Crippen molar-refractivity contribution in [2.45, 2.75) is 59.7 Å². The van der Waals surface area contributed by atoms with Crippen LogP contribution in [0.2, 0.25) is 0 Å². The summed E-state index contributed by atoms with van der Waals surface area (Å²) >= 11 is 0. The molecule has 2 amide bonds. The first-order valence-corrected chi connectivity index (χ1v) is 8.04. The quantitative estimate of drug-likeness (QED) is 0.782. The van der Waals surface area contributed by atoms with E-state index in [2.05, 4.69) is 10.6 Å². The van der Waals surface area contributed by atoms with Gasteiger partial charge in [-0.3, -0.25) is 4.79 Å². The second kappa shape index (κ2) is 12.0. The number of benzene rings is 1. The first-order valence-electron chi connectivity index (χ1n) is 8.04. The number of alkyl carbamates (subject to hydrolysis) is 1. The van der Waals surface area contributed by atoms with Crippen molar-refractivity contribution in [1.82, 2.24) is 10.6 Å². The molecule has 1 radical (unpaired) electrons. The fourth-order valence-electron chi connectivity index (χ4n) is 2.15. The van der Waals surface area contributed by atoms with Crippen molar-refractivity contribution in [2.24, 2.45) is 5.92 Å². The molecule has 0 heterocycles. The molecule has 1 aromatic carbocycles. The van der Waals surface area contributed by atoms with Gasteiger partial charge in [0.25, 0.3) is 0 Å². The van der Waals surface area contributed by atoms with Gasteiger partial charge >= 0.3 is 6.09 Å². The summed E-state index contributed by atoms with van der Waals surface area (Å²) in [6, 6.07) is 7.24. The molecule has 0 bridgehead atoms. The van der Waals surface area contributed by atoms with Crippen LogP contribution in [0.25, 0.3) is 0 Å². The molecule has 0 aromatic heterocycles. The van der Waals surface area contributed by atoms with Gasteiger partial charge in [-0.25, -0.2) is 4.79 Å². The van der Waals surface area contributed by atoms with Crippen LogP contribution in [-0.4, -0.2) is 29.6 Å². The summed E-state index contributed by atoms with van der Waals surface area (Å²) in [5.74, 6) is -0.256. The molecule has 0 aliphatic heterocycles. The molecule has 0 aliphatic rings. The second-order valence-electron chi connectivity index (χ2n) is 6.46. The van der Waals surface area contributed by atoms with Crippen LogP contribution < -0.4 is 10.6 Å². The molecule has 2 atom stereocenters. The number of nitrogens with one attached hydrogen (secondary N) is 2. The zero-order chi connectivity index (χ0) is 17.6. The zero-order valence-electron chi connectivity index (χ0n) is 15.8. The molecule has 141 valence electrons. The van der Waals surface area contributed by atoms with Gasteiger partial charge in [0, 0.05) is 18.6 Å². The third-order valence-corrected chi connectivity index (χ3v) is 3.50.